The van der Waals surface area contributed by atoms with Gasteiger partial charge in [-0.1, -0.05) is 6.07 Å². The highest BCUT2D eigenvalue weighted by Gasteiger charge is 2.31. The molecule has 0 aliphatic carbocycles. The van der Waals surface area contributed by atoms with Crippen LogP contribution in [0.25, 0.3) is 0 Å². The smallest absolute Gasteiger partial charge is 0.315 e. The highest BCUT2D eigenvalue weighted by Crippen LogP contribution is 2.30. The van der Waals surface area contributed by atoms with Crippen molar-refractivity contribution in [2.75, 3.05) is 5.32 Å². The van der Waals surface area contributed by atoms with E-state index in [4.69, 9.17) is 0 Å². The second kappa shape index (κ2) is 3.31. The number of anilines is 1. The van der Waals surface area contributed by atoms with Crippen LogP contribution in [0.3, 0.4) is 0 Å². The van der Waals surface area contributed by atoms with Crippen LogP contribution in [-0.2, 0) is 17.9 Å². The van der Waals surface area contributed by atoms with E-state index in [1.165, 1.54) is 0 Å². The molecule has 3 amide bonds. The molecule has 3 rings (SSSR count). The van der Waals surface area contributed by atoms with E-state index in [0.29, 0.717) is 24.3 Å². The molecule has 0 bridgehead atoms. The maximum absolute atomic E-state index is 11.5. The van der Waals surface area contributed by atoms with Crippen molar-refractivity contribution >= 4 is 23.4 Å². The molecule has 2 aliphatic heterocycles. The van der Waals surface area contributed by atoms with Gasteiger partial charge < -0.3 is 16.0 Å². The minimum Gasteiger partial charge on any atom is -0.334 e. The van der Waals surface area contributed by atoms with Crippen LogP contribution < -0.4 is 16.0 Å². The Bertz CT molecular complexity index is 565. The van der Waals surface area contributed by atoms with Gasteiger partial charge in [-0.2, -0.15) is 0 Å². The lowest BCUT2D eigenvalue weighted by atomic mass is 10.0. The molecule has 0 radical (unpaired) electrons. The minimum absolute atomic E-state index is 0.259. The Hall–Kier alpha value is -2.37. The van der Waals surface area contributed by atoms with Crippen molar-refractivity contribution in [1.29, 1.82) is 0 Å². The molecule has 0 atom stereocenters. The van der Waals surface area contributed by atoms with Gasteiger partial charge in [0.25, 0.3) is 11.7 Å². The summed E-state index contributed by atoms with van der Waals surface area (Å²) in [6, 6.07) is 3.12. The van der Waals surface area contributed by atoms with E-state index in [1.807, 2.05) is 0 Å². The zero-order chi connectivity index (χ0) is 12.0. The largest absolute Gasteiger partial charge is 0.334 e. The van der Waals surface area contributed by atoms with Crippen LogP contribution in [0.1, 0.15) is 21.5 Å². The number of Topliss-reactive ketones (excluding diaryl/α,β-unsaturated/α-hetero) is 1. The number of benzene rings is 1. The van der Waals surface area contributed by atoms with Crippen LogP contribution in [0.4, 0.5) is 10.5 Å². The van der Waals surface area contributed by atoms with Crippen LogP contribution >= 0.6 is 0 Å². The van der Waals surface area contributed by atoms with E-state index in [9.17, 15) is 14.4 Å². The van der Waals surface area contributed by atoms with E-state index < -0.39 is 11.7 Å². The first-order chi connectivity index (χ1) is 8.16. The Labute approximate surface area is 96.4 Å². The van der Waals surface area contributed by atoms with Gasteiger partial charge in [-0.3, -0.25) is 9.59 Å². The molecule has 1 aromatic rings. The number of hydrogen-bond donors (Lipinski definition) is 3. The summed E-state index contributed by atoms with van der Waals surface area (Å²) in [7, 11) is 0. The average molecular weight is 231 g/mol. The van der Waals surface area contributed by atoms with Crippen molar-refractivity contribution in [3.8, 4) is 0 Å². The molecule has 0 saturated heterocycles. The fourth-order valence-electron chi connectivity index (χ4n) is 2.09. The van der Waals surface area contributed by atoms with Gasteiger partial charge in [0.05, 0.1) is 11.3 Å². The Kier molecular flexibility index (Phi) is 1.91. The molecule has 3 N–H and O–H groups in total. The second-order valence-corrected chi connectivity index (χ2v) is 3.95. The molecule has 0 saturated carbocycles. The molecule has 86 valence electrons. The molecule has 17 heavy (non-hydrogen) atoms. The van der Waals surface area contributed by atoms with Gasteiger partial charge >= 0.3 is 6.03 Å². The fraction of sp³-hybridized carbons (Fsp3) is 0.182. The van der Waals surface area contributed by atoms with Crippen LogP contribution in [-0.4, -0.2) is 17.7 Å². The fourth-order valence-corrected chi connectivity index (χ4v) is 2.09. The van der Waals surface area contributed by atoms with Crippen molar-refractivity contribution in [1.82, 2.24) is 10.6 Å². The molecule has 0 unspecified atom stereocenters. The molecular formula is C11H9N3O3. The Morgan fingerprint density at radius 1 is 1.00 bits per heavy atom. The molecule has 2 heterocycles. The summed E-state index contributed by atoms with van der Waals surface area (Å²) in [5.41, 5.74) is 2.60. The van der Waals surface area contributed by atoms with Gasteiger partial charge in [-0.05, 0) is 11.6 Å². The lowest BCUT2D eigenvalue weighted by molar-refractivity contribution is -0.112. The lowest BCUT2D eigenvalue weighted by Crippen LogP contribution is -2.31. The monoisotopic (exact) mass is 231 g/mol. The first kappa shape index (κ1) is 9.83. The summed E-state index contributed by atoms with van der Waals surface area (Å²) in [6.45, 7) is 0.691. The van der Waals surface area contributed by atoms with E-state index >= 15 is 0 Å². The molecule has 6 heteroatoms. The second-order valence-electron chi connectivity index (χ2n) is 3.95. The molecular weight excluding hydrogens is 222 g/mol. The Morgan fingerprint density at radius 2 is 1.76 bits per heavy atom. The predicted molar refractivity (Wildman–Crippen MR) is 58.5 cm³/mol. The third-order valence-electron chi connectivity index (χ3n) is 2.96. The zero-order valence-corrected chi connectivity index (χ0v) is 8.79. The number of hydrogen-bond acceptors (Lipinski definition) is 3. The van der Waals surface area contributed by atoms with Crippen molar-refractivity contribution in [2.24, 2.45) is 0 Å². The maximum Gasteiger partial charge on any atom is 0.315 e. The first-order valence-corrected chi connectivity index (χ1v) is 5.19. The third-order valence-corrected chi connectivity index (χ3v) is 2.96. The van der Waals surface area contributed by atoms with E-state index in [0.717, 1.165) is 11.1 Å². The number of amides is 3. The normalized spacial score (nSPS) is 17.5. The molecule has 2 aliphatic rings. The van der Waals surface area contributed by atoms with Crippen molar-refractivity contribution < 1.29 is 14.4 Å². The van der Waals surface area contributed by atoms with Gasteiger partial charge in [0, 0.05) is 18.7 Å². The summed E-state index contributed by atoms with van der Waals surface area (Å²) < 4.78 is 0. The third kappa shape index (κ3) is 1.37. The molecule has 0 aromatic heterocycles. The number of ketones is 1. The SMILES string of the molecule is O=C1NCc2ccc3c(c2CN1)NC(=O)C3=O. The van der Waals surface area contributed by atoms with Crippen LogP contribution in [0, 0.1) is 0 Å². The molecule has 6 nitrogen and oxygen atoms in total. The summed E-state index contributed by atoms with van der Waals surface area (Å²) in [4.78, 5) is 34.0. The average Bonchev–Trinajstić information content (AvgIpc) is 2.50. The number of rotatable bonds is 0. The quantitative estimate of drug-likeness (QED) is 0.555. The number of carbonyl (C=O) groups is 3. The van der Waals surface area contributed by atoms with Gasteiger partial charge in [-0.15, -0.1) is 0 Å². The Morgan fingerprint density at radius 3 is 2.59 bits per heavy atom. The zero-order valence-electron chi connectivity index (χ0n) is 8.79. The van der Waals surface area contributed by atoms with Gasteiger partial charge in [-0.25, -0.2) is 4.79 Å². The standard InChI is InChI=1S/C11H9N3O3/c15-9-6-2-1-5-3-12-11(17)13-4-7(5)8(6)14-10(9)16/h1-2H,3-4H2,(H2,12,13,17)(H,14,15,16). The summed E-state index contributed by atoms with van der Waals surface area (Å²) in [5.74, 6) is -1.14. The highest BCUT2D eigenvalue weighted by molar-refractivity contribution is 6.51. The van der Waals surface area contributed by atoms with Crippen molar-refractivity contribution in [3.05, 3.63) is 28.8 Å². The topological polar surface area (TPSA) is 87.3 Å². The molecule has 1 aromatic carbocycles. The first-order valence-electron chi connectivity index (χ1n) is 5.19. The van der Waals surface area contributed by atoms with Crippen molar-refractivity contribution in [3.63, 3.8) is 0 Å². The number of fused-ring (bicyclic) bond motifs is 3. The maximum atomic E-state index is 11.5. The summed E-state index contributed by atoms with van der Waals surface area (Å²) in [5, 5.41) is 7.86. The predicted octanol–water partition coefficient (Wildman–Crippen LogP) is 0.134. The highest BCUT2D eigenvalue weighted by atomic mass is 16.2. The van der Waals surface area contributed by atoms with Crippen molar-refractivity contribution in [2.45, 2.75) is 13.1 Å². The Balaban J connectivity index is 2.14. The summed E-state index contributed by atoms with van der Waals surface area (Å²) >= 11 is 0. The lowest BCUT2D eigenvalue weighted by Gasteiger charge is -2.09. The minimum atomic E-state index is -0.614. The van der Waals surface area contributed by atoms with Gasteiger partial charge in [0.2, 0.25) is 0 Å². The molecule has 0 fully saturated rings. The van der Waals surface area contributed by atoms with Gasteiger partial charge in [0.1, 0.15) is 0 Å². The van der Waals surface area contributed by atoms with Gasteiger partial charge in [0.15, 0.2) is 0 Å². The van der Waals surface area contributed by atoms with E-state index in [2.05, 4.69) is 16.0 Å². The van der Waals surface area contributed by atoms with Crippen LogP contribution in [0.2, 0.25) is 0 Å². The summed E-state index contributed by atoms with van der Waals surface area (Å²) in [6.07, 6.45) is 0. The van der Waals surface area contributed by atoms with Crippen LogP contribution in [0.15, 0.2) is 12.1 Å². The number of nitrogens with one attached hydrogen (secondary N) is 3. The van der Waals surface area contributed by atoms with Crippen LogP contribution in [0.5, 0.6) is 0 Å². The number of carbonyl (C=O) groups excluding carboxylic acids is 3. The molecule has 0 spiro atoms. The van der Waals surface area contributed by atoms with E-state index in [-0.39, 0.29) is 6.03 Å². The van der Waals surface area contributed by atoms with E-state index in [1.54, 1.807) is 12.1 Å². The number of urea groups is 1.